The third-order valence-electron chi connectivity index (χ3n) is 3.54. The van der Waals surface area contributed by atoms with Gasteiger partial charge in [-0.05, 0) is 37.3 Å². The third kappa shape index (κ3) is 4.87. The molecule has 0 bridgehead atoms. The quantitative estimate of drug-likeness (QED) is 0.764. The number of hydrogen-bond donors (Lipinski definition) is 1. The van der Waals surface area contributed by atoms with E-state index in [1.807, 2.05) is 6.92 Å². The van der Waals surface area contributed by atoms with Crippen LogP contribution >= 0.6 is 15.9 Å². The van der Waals surface area contributed by atoms with Crippen molar-refractivity contribution in [3.63, 3.8) is 0 Å². The highest BCUT2D eigenvalue weighted by molar-refractivity contribution is 9.10. The molecule has 0 heterocycles. The van der Waals surface area contributed by atoms with Crippen molar-refractivity contribution in [1.82, 2.24) is 4.31 Å². The molecule has 0 fully saturated rings. The van der Waals surface area contributed by atoms with Crippen LogP contribution in [-0.2, 0) is 14.8 Å². The Morgan fingerprint density at radius 3 is 2.40 bits per heavy atom. The van der Waals surface area contributed by atoms with Crippen LogP contribution in [0.1, 0.15) is 12.5 Å². The maximum Gasteiger partial charge on any atom is 0.243 e. The van der Waals surface area contributed by atoms with Crippen LogP contribution in [0.4, 0.5) is 10.1 Å². The van der Waals surface area contributed by atoms with Crippen LogP contribution in [0.2, 0.25) is 0 Å². The zero-order valence-electron chi connectivity index (χ0n) is 13.8. The van der Waals surface area contributed by atoms with Gasteiger partial charge in [-0.1, -0.05) is 40.5 Å². The predicted molar refractivity (Wildman–Crippen MR) is 98.3 cm³/mol. The van der Waals surface area contributed by atoms with Crippen molar-refractivity contribution in [2.75, 3.05) is 18.4 Å². The molecule has 2 aromatic rings. The number of amides is 1. The zero-order chi connectivity index (χ0) is 18.6. The highest BCUT2D eigenvalue weighted by atomic mass is 79.9. The number of halogens is 2. The molecule has 0 unspecified atom stereocenters. The van der Waals surface area contributed by atoms with Crippen molar-refractivity contribution in [1.29, 1.82) is 0 Å². The van der Waals surface area contributed by atoms with E-state index in [4.69, 9.17) is 0 Å². The number of carbonyl (C=O) groups is 1. The molecular formula is C17H18BrFN2O3S. The van der Waals surface area contributed by atoms with Gasteiger partial charge in [-0.3, -0.25) is 4.79 Å². The number of likely N-dealkylation sites (N-methyl/N-ethyl adjacent to an activating group) is 1. The Labute approximate surface area is 155 Å². The first kappa shape index (κ1) is 19.6. The standard InChI is InChI=1S/C17H18BrFN2O3S/c1-3-21(25(23,24)14-7-4-12(2)5-8-14)11-17(22)20-16-9-6-13(18)10-15(16)19/h4-10H,3,11H2,1-2H3,(H,20,22). The molecule has 0 aliphatic carbocycles. The molecule has 2 rings (SSSR count). The third-order valence-corrected chi connectivity index (χ3v) is 5.96. The smallest absolute Gasteiger partial charge is 0.243 e. The summed E-state index contributed by atoms with van der Waals surface area (Å²) < 4.78 is 40.7. The van der Waals surface area contributed by atoms with E-state index in [1.54, 1.807) is 25.1 Å². The van der Waals surface area contributed by atoms with Crippen molar-refractivity contribution in [2.24, 2.45) is 0 Å². The molecule has 1 N–H and O–H groups in total. The summed E-state index contributed by atoms with van der Waals surface area (Å²) in [6, 6.07) is 10.6. The van der Waals surface area contributed by atoms with Gasteiger partial charge in [0.05, 0.1) is 17.1 Å². The van der Waals surface area contributed by atoms with Gasteiger partial charge in [0.15, 0.2) is 0 Å². The SMILES string of the molecule is CCN(CC(=O)Nc1ccc(Br)cc1F)S(=O)(=O)c1ccc(C)cc1. The average molecular weight is 429 g/mol. The molecule has 0 spiro atoms. The lowest BCUT2D eigenvalue weighted by Crippen LogP contribution is -2.37. The number of carbonyl (C=O) groups excluding carboxylic acids is 1. The van der Waals surface area contributed by atoms with Crippen molar-refractivity contribution in [3.8, 4) is 0 Å². The average Bonchev–Trinajstić information content (AvgIpc) is 2.55. The highest BCUT2D eigenvalue weighted by Gasteiger charge is 2.25. The number of benzene rings is 2. The number of anilines is 1. The first-order chi connectivity index (χ1) is 11.7. The summed E-state index contributed by atoms with van der Waals surface area (Å²) in [6.45, 7) is 3.21. The van der Waals surface area contributed by atoms with Gasteiger partial charge >= 0.3 is 0 Å². The van der Waals surface area contributed by atoms with Gasteiger partial charge in [0.1, 0.15) is 5.82 Å². The summed E-state index contributed by atoms with van der Waals surface area (Å²) >= 11 is 3.13. The number of hydrogen-bond acceptors (Lipinski definition) is 3. The summed E-state index contributed by atoms with van der Waals surface area (Å²) in [7, 11) is -3.80. The van der Waals surface area contributed by atoms with E-state index >= 15 is 0 Å². The van der Waals surface area contributed by atoms with Crippen molar-refractivity contribution >= 4 is 37.5 Å². The highest BCUT2D eigenvalue weighted by Crippen LogP contribution is 2.20. The Kier molecular flexibility index (Phi) is 6.31. The molecular weight excluding hydrogens is 411 g/mol. The first-order valence-electron chi connectivity index (χ1n) is 7.55. The lowest BCUT2D eigenvalue weighted by molar-refractivity contribution is -0.116. The van der Waals surface area contributed by atoms with E-state index in [-0.39, 0.29) is 17.1 Å². The molecule has 134 valence electrons. The van der Waals surface area contributed by atoms with Gasteiger partial charge in [-0.15, -0.1) is 0 Å². The minimum atomic E-state index is -3.80. The topological polar surface area (TPSA) is 66.5 Å². The predicted octanol–water partition coefficient (Wildman–Crippen LogP) is 3.55. The van der Waals surface area contributed by atoms with Crippen LogP contribution in [0.5, 0.6) is 0 Å². The number of nitrogens with one attached hydrogen (secondary N) is 1. The summed E-state index contributed by atoms with van der Waals surface area (Å²) in [5.41, 5.74) is 0.933. The van der Waals surface area contributed by atoms with Crippen molar-refractivity contribution < 1.29 is 17.6 Å². The summed E-state index contributed by atoms with van der Waals surface area (Å²) in [5, 5.41) is 2.39. The van der Waals surface area contributed by atoms with E-state index in [9.17, 15) is 17.6 Å². The Morgan fingerprint density at radius 2 is 1.84 bits per heavy atom. The lowest BCUT2D eigenvalue weighted by Gasteiger charge is -2.20. The molecule has 5 nitrogen and oxygen atoms in total. The Morgan fingerprint density at radius 1 is 1.20 bits per heavy atom. The normalized spacial score (nSPS) is 11.6. The van der Waals surface area contributed by atoms with E-state index in [0.29, 0.717) is 4.47 Å². The van der Waals surface area contributed by atoms with E-state index in [1.165, 1.54) is 24.3 Å². The van der Waals surface area contributed by atoms with Gasteiger partial charge in [-0.2, -0.15) is 4.31 Å². The van der Waals surface area contributed by atoms with Crippen LogP contribution in [0.3, 0.4) is 0 Å². The number of aryl methyl sites for hydroxylation is 1. The van der Waals surface area contributed by atoms with Crippen molar-refractivity contribution in [3.05, 3.63) is 58.3 Å². The van der Waals surface area contributed by atoms with Crippen LogP contribution < -0.4 is 5.32 Å². The molecule has 0 aliphatic rings. The molecule has 2 aromatic carbocycles. The van der Waals surface area contributed by atoms with Gasteiger partial charge in [0.25, 0.3) is 0 Å². The Bertz CT molecular complexity index is 870. The van der Waals surface area contributed by atoms with Crippen LogP contribution in [0.15, 0.2) is 51.8 Å². The van der Waals surface area contributed by atoms with Crippen LogP contribution in [-0.4, -0.2) is 31.7 Å². The lowest BCUT2D eigenvalue weighted by atomic mass is 10.2. The van der Waals surface area contributed by atoms with Gasteiger partial charge < -0.3 is 5.32 Å². The van der Waals surface area contributed by atoms with Gasteiger partial charge in [0.2, 0.25) is 15.9 Å². The zero-order valence-corrected chi connectivity index (χ0v) is 16.2. The summed E-state index contributed by atoms with van der Waals surface area (Å²) in [5.74, 6) is -1.22. The molecule has 1 amide bonds. The molecule has 0 aliphatic heterocycles. The monoisotopic (exact) mass is 428 g/mol. The number of sulfonamides is 1. The fourth-order valence-corrected chi connectivity index (χ4v) is 3.91. The van der Waals surface area contributed by atoms with E-state index in [2.05, 4.69) is 21.2 Å². The molecule has 8 heteroatoms. The minimum Gasteiger partial charge on any atom is -0.322 e. The molecule has 25 heavy (non-hydrogen) atoms. The summed E-state index contributed by atoms with van der Waals surface area (Å²) in [4.78, 5) is 12.3. The second kappa shape index (κ2) is 8.07. The number of nitrogens with zero attached hydrogens (tertiary/aromatic N) is 1. The van der Waals surface area contributed by atoms with Crippen molar-refractivity contribution in [2.45, 2.75) is 18.7 Å². The largest absolute Gasteiger partial charge is 0.322 e. The fraction of sp³-hybridized carbons (Fsp3) is 0.235. The molecule has 0 saturated carbocycles. The maximum atomic E-state index is 13.8. The second-order valence-corrected chi connectivity index (χ2v) is 8.27. The maximum absolute atomic E-state index is 13.8. The Hall–Kier alpha value is -1.77. The van der Waals surface area contributed by atoms with E-state index in [0.717, 1.165) is 9.87 Å². The first-order valence-corrected chi connectivity index (χ1v) is 9.79. The second-order valence-electron chi connectivity index (χ2n) is 5.42. The molecule has 0 saturated heterocycles. The van der Waals surface area contributed by atoms with Crippen LogP contribution in [0, 0.1) is 12.7 Å². The van der Waals surface area contributed by atoms with Crippen LogP contribution in [0.25, 0.3) is 0 Å². The van der Waals surface area contributed by atoms with Gasteiger partial charge in [0, 0.05) is 11.0 Å². The van der Waals surface area contributed by atoms with E-state index < -0.39 is 28.3 Å². The number of rotatable bonds is 6. The fourth-order valence-electron chi connectivity index (χ4n) is 2.17. The Balaban J connectivity index is 2.15. The van der Waals surface area contributed by atoms with Gasteiger partial charge in [-0.25, -0.2) is 12.8 Å². The minimum absolute atomic E-state index is 0.00279. The summed E-state index contributed by atoms with van der Waals surface area (Å²) in [6.07, 6.45) is 0. The molecule has 0 radical (unpaired) electrons. The molecule has 0 aromatic heterocycles. The molecule has 0 atom stereocenters.